The van der Waals surface area contributed by atoms with Crippen molar-refractivity contribution in [2.45, 2.75) is 26.2 Å². The van der Waals surface area contributed by atoms with Crippen molar-refractivity contribution in [1.29, 1.82) is 0 Å². The van der Waals surface area contributed by atoms with Gasteiger partial charge in [-0.25, -0.2) is 4.98 Å². The number of amides is 1. The molecule has 0 radical (unpaired) electrons. The summed E-state index contributed by atoms with van der Waals surface area (Å²) >= 11 is 0. The number of rotatable bonds is 5. The van der Waals surface area contributed by atoms with E-state index in [4.69, 9.17) is 14.5 Å². The maximum atomic E-state index is 13.4. The summed E-state index contributed by atoms with van der Waals surface area (Å²) in [5.41, 5.74) is 5.03. The van der Waals surface area contributed by atoms with Crippen LogP contribution in [0, 0.1) is 0 Å². The number of hydrogen-bond donors (Lipinski definition) is 1. The third kappa shape index (κ3) is 4.50. The maximum absolute atomic E-state index is 13.4. The Balaban J connectivity index is 1.84. The van der Waals surface area contributed by atoms with E-state index < -0.39 is 5.91 Å². The molecule has 0 aliphatic rings. The molecule has 3 aromatic carbocycles. The Morgan fingerprint density at radius 3 is 2.12 bits per heavy atom. The van der Waals surface area contributed by atoms with E-state index in [2.05, 4.69) is 26.2 Å². The average molecular weight is 458 g/mol. The molecule has 4 rings (SSSR count). The molecule has 0 bridgehead atoms. The van der Waals surface area contributed by atoms with E-state index in [0.717, 1.165) is 5.56 Å². The lowest BCUT2D eigenvalue weighted by atomic mass is 9.86. The van der Waals surface area contributed by atoms with E-state index in [1.165, 1.54) is 18.9 Å². The van der Waals surface area contributed by atoms with E-state index in [9.17, 15) is 9.59 Å². The van der Waals surface area contributed by atoms with Crippen LogP contribution in [0.25, 0.3) is 22.3 Å². The van der Waals surface area contributed by atoms with Crippen molar-refractivity contribution in [1.82, 2.24) is 9.66 Å². The van der Waals surface area contributed by atoms with Crippen LogP contribution in [-0.4, -0.2) is 29.8 Å². The zero-order chi connectivity index (χ0) is 24.5. The summed E-state index contributed by atoms with van der Waals surface area (Å²) in [6, 6.07) is 19.7. The van der Waals surface area contributed by atoms with E-state index in [1.807, 2.05) is 30.3 Å². The number of hydrogen-bond acceptors (Lipinski definition) is 5. The topological polar surface area (TPSA) is 82.4 Å². The smallest absolute Gasteiger partial charge is 0.280 e. The van der Waals surface area contributed by atoms with Crippen LogP contribution in [-0.2, 0) is 5.41 Å². The zero-order valence-corrected chi connectivity index (χ0v) is 19.9. The first-order chi connectivity index (χ1) is 16.2. The summed E-state index contributed by atoms with van der Waals surface area (Å²) in [5.74, 6) is 0.772. The summed E-state index contributed by atoms with van der Waals surface area (Å²) in [4.78, 5) is 31.3. The van der Waals surface area contributed by atoms with Gasteiger partial charge < -0.3 is 9.47 Å². The molecule has 0 saturated heterocycles. The van der Waals surface area contributed by atoms with Gasteiger partial charge in [0.15, 0.2) is 5.82 Å². The van der Waals surface area contributed by atoms with Gasteiger partial charge in [0.05, 0.1) is 25.1 Å². The van der Waals surface area contributed by atoms with Gasteiger partial charge >= 0.3 is 0 Å². The molecular weight excluding hydrogens is 430 g/mol. The number of ether oxygens (including phenoxy) is 2. The minimum atomic E-state index is -0.496. The minimum absolute atomic E-state index is 0.0192. The highest BCUT2D eigenvalue weighted by Gasteiger charge is 2.18. The average Bonchev–Trinajstić information content (AvgIpc) is 2.84. The summed E-state index contributed by atoms with van der Waals surface area (Å²) < 4.78 is 11.7. The Morgan fingerprint density at radius 2 is 1.53 bits per heavy atom. The van der Waals surface area contributed by atoms with Gasteiger partial charge in [-0.15, -0.1) is 0 Å². The highest BCUT2D eigenvalue weighted by Crippen LogP contribution is 2.26. The van der Waals surface area contributed by atoms with Crippen LogP contribution in [0.3, 0.4) is 0 Å². The van der Waals surface area contributed by atoms with E-state index in [0.29, 0.717) is 33.8 Å². The molecule has 0 unspecified atom stereocenters. The number of carbonyl (C=O) groups is 1. The van der Waals surface area contributed by atoms with Crippen LogP contribution < -0.4 is 20.5 Å². The van der Waals surface area contributed by atoms with Gasteiger partial charge in [-0.1, -0.05) is 57.2 Å². The highest BCUT2D eigenvalue weighted by atomic mass is 16.5. The molecule has 0 aliphatic heterocycles. The summed E-state index contributed by atoms with van der Waals surface area (Å²) in [6.07, 6.45) is 0. The molecule has 7 nitrogen and oxygen atoms in total. The molecule has 1 heterocycles. The van der Waals surface area contributed by atoms with Gasteiger partial charge in [-0.05, 0) is 35.2 Å². The lowest BCUT2D eigenvalue weighted by Gasteiger charge is -2.20. The predicted molar refractivity (Wildman–Crippen MR) is 133 cm³/mol. The second kappa shape index (κ2) is 9.02. The number of aromatic nitrogens is 2. The van der Waals surface area contributed by atoms with Gasteiger partial charge in [0.25, 0.3) is 11.5 Å². The largest absolute Gasteiger partial charge is 0.497 e. The number of carbonyl (C=O) groups excluding carboxylic acids is 1. The Hall–Kier alpha value is -4.13. The Morgan fingerprint density at radius 1 is 0.912 bits per heavy atom. The van der Waals surface area contributed by atoms with Crippen molar-refractivity contribution in [3.05, 3.63) is 88.2 Å². The molecule has 0 spiro atoms. The molecule has 174 valence electrons. The van der Waals surface area contributed by atoms with Gasteiger partial charge in [0.1, 0.15) is 11.5 Å². The van der Waals surface area contributed by atoms with Crippen LogP contribution in [0.15, 0.2) is 71.5 Å². The van der Waals surface area contributed by atoms with Gasteiger partial charge in [-0.2, -0.15) is 4.68 Å². The van der Waals surface area contributed by atoms with Crippen molar-refractivity contribution in [3.8, 4) is 22.9 Å². The van der Waals surface area contributed by atoms with Crippen molar-refractivity contribution in [2.24, 2.45) is 0 Å². The van der Waals surface area contributed by atoms with Crippen LogP contribution in [0.5, 0.6) is 11.5 Å². The number of nitrogens with zero attached hydrogens (tertiary/aromatic N) is 2. The Bertz CT molecular complexity index is 1390. The number of methoxy groups -OCH3 is 2. The predicted octanol–water partition coefficient (Wildman–Crippen LogP) is 4.76. The molecule has 34 heavy (non-hydrogen) atoms. The van der Waals surface area contributed by atoms with Gasteiger partial charge in [0, 0.05) is 17.2 Å². The lowest BCUT2D eigenvalue weighted by molar-refractivity contribution is 0.101. The van der Waals surface area contributed by atoms with Gasteiger partial charge in [-0.3, -0.25) is 15.0 Å². The molecule has 1 amide bonds. The third-order valence-corrected chi connectivity index (χ3v) is 5.61. The fourth-order valence-electron chi connectivity index (χ4n) is 3.65. The molecule has 1 N–H and O–H groups in total. The first kappa shape index (κ1) is 23.0. The minimum Gasteiger partial charge on any atom is -0.497 e. The summed E-state index contributed by atoms with van der Waals surface area (Å²) in [5, 5.41) is 0.404. The van der Waals surface area contributed by atoms with Crippen molar-refractivity contribution >= 4 is 16.8 Å². The second-order valence-electron chi connectivity index (χ2n) is 8.96. The fraction of sp³-hybridized carbons (Fsp3) is 0.222. The molecule has 0 fully saturated rings. The quantitative estimate of drug-likeness (QED) is 0.467. The second-order valence-corrected chi connectivity index (χ2v) is 8.96. The maximum Gasteiger partial charge on any atom is 0.280 e. The molecular formula is C27H27N3O4. The number of fused-ring (bicyclic) bond motifs is 1. The number of benzene rings is 3. The van der Waals surface area contributed by atoms with Crippen LogP contribution in [0.2, 0.25) is 0 Å². The third-order valence-electron chi connectivity index (χ3n) is 5.61. The van der Waals surface area contributed by atoms with Crippen LogP contribution in [0.1, 0.15) is 36.7 Å². The molecule has 4 aromatic rings. The first-order valence-electron chi connectivity index (χ1n) is 10.9. The number of nitrogens with one attached hydrogen (secondary N) is 1. The molecule has 0 atom stereocenters. The molecule has 0 saturated carbocycles. The highest BCUT2D eigenvalue weighted by molar-refractivity contribution is 6.01. The monoisotopic (exact) mass is 457 g/mol. The summed E-state index contributed by atoms with van der Waals surface area (Å²) in [7, 11) is 3.02. The van der Waals surface area contributed by atoms with Crippen molar-refractivity contribution < 1.29 is 14.3 Å². The van der Waals surface area contributed by atoms with E-state index >= 15 is 0 Å². The van der Waals surface area contributed by atoms with E-state index in [-0.39, 0.29) is 16.5 Å². The van der Waals surface area contributed by atoms with Crippen LogP contribution >= 0.6 is 0 Å². The molecule has 0 aliphatic carbocycles. The SMILES string of the molecule is COc1cc(OC)cc(C(=O)Nn2c(-c3ccc(C(C)(C)C)cc3)nc3ccccc3c2=O)c1. The Kier molecular flexibility index (Phi) is 6.11. The normalized spacial score (nSPS) is 11.3. The summed E-state index contributed by atoms with van der Waals surface area (Å²) in [6.45, 7) is 6.40. The van der Waals surface area contributed by atoms with Crippen molar-refractivity contribution in [2.75, 3.05) is 19.6 Å². The fourth-order valence-corrected chi connectivity index (χ4v) is 3.65. The van der Waals surface area contributed by atoms with E-state index in [1.54, 1.807) is 36.4 Å². The first-order valence-corrected chi connectivity index (χ1v) is 10.9. The van der Waals surface area contributed by atoms with Crippen molar-refractivity contribution in [3.63, 3.8) is 0 Å². The molecule has 7 heteroatoms. The Labute approximate surface area is 198 Å². The van der Waals surface area contributed by atoms with Crippen LogP contribution in [0.4, 0.5) is 0 Å². The number of para-hydroxylation sites is 1. The zero-order valence-electron chi connectivity index (χ0n) is 19.9. The molecule has 1 aromatic heterocycles. The lowest BCUT2D eigenvalue weighted by Crippen LogP contribution is -2.35. The van der Waals surface area contributed by atoms with Gasteiger partial charge in [0.2, 0.25) is 0 Å². The standard InChI is InChI=1S/C27H27N3O4/c1-27(2,3)19-12-10-17(11-13-19)24-28-23-9-7-6-8-22(23)26(32)30(24)29-25(31)18-14-20(33-4)16-21(15-18)34-5/h6-16H,1-5H3,(H,29,31).